The monoisotopic (exact) mass is 282 g/mol. The van der Waals surface area contributed by atoms with Crippen LogP contribution in [0, 0.1) is 5.92 Å². The summed E-state index contributed by atoms with van der Waals surface area (Å²) >= 11 is 2.41. The lowest BCUT2D eigenvalue weighted by Crippen LogP contribution is -2.10. The van der Waals surface area contributed by atoms with Crippen LogP contribution in [-0.2, 0) is 4.74 Å². The van der Waals surface area contributed by atoms with Crippen LogP contribution in [0.3, 0.4) is 0 Å². The third kappa shape index (κ3) is 2.87. The van der Waals surface area contributed by atoms with Gasteiger partial charge in [0, 0.05) is 4.43 Å². The fourth-order valence-corrected chi connectivity index (χ4v) is 2.68. The third-order valence-corrected chi connectivity index (χ3v) is 3.43. The second-order valence-electron chi connectivity index (χ2n) is 4.36. The van der Waals surface area contributed by atoms with Gasteiger partial charge in [0.05, 0.1) is 11.7 Å². The predicted octanol–water partition coefficient (Wildman–Crippen LogP) is 3.41. The second-order valence-corrected chi connectivity index (χ2v) is 5.24. The van der Waals surface area contributed by atoms with Crippen LogP contribution in [0.1, 0.15) is 40.0 Å². The number of halogens is 1. The highest BCUT2D eigenvalue weighted by atomic mass is 127. The summed E-state index contributed by atoms with van der Waals surface area (Å²) in [6.45, 7) is 6.81. The zero-order valence-electron chi connectivity index (χ0n) is 8.27. The Balaban J connectivity index is 2.08. The van der Waals surface area contributed by atoms with Gasteiger partial charge in [0.25, 0.3) is 0 Å². The molecule has 0 aromatic rings. The molecule has 1 aliphatic heterocycles. The molecule has 1 nitrogen and oxygen atoms in total. The van der Waals surface area contributed by atoms with E-state index in [4.69, 9.17) is 4.74 Å². The average molecular weight is 282 g/mol. The third-order valence-electron chi connectivity index (χ3n) is 2.63. The molecule has 2 heteroatoms. The van der Waals surface area contributed by atoms with Gasteiger partial charge < -0.3 is 4.74 Å². The molecule has 1 saturated heterocycles. The van der Waals surface area contributed by atoms with E-state index in [0.717, 1.165) is 10.3 Å². The number of epoxide rings is 1. The minimum atomic E-state index is 0.246. The highest BCUT2D eigenvalue weighted by molar-refractivity contribution is 14.1. The van der Waals surface area contributed by atoms with Crippen molar-refractivity contribution >= 4 is 22.6 Å². The van der Waals surface area contributed by atoms with Crippen LogP contribution in [0.2, 0.25) is 0 Å². The van der Waals surface area contributed by atoms with Crippen LogP contribution in [-0.4, -0.2) is 16.1 Å². The van der Waals surface area contributed by atoms with Crippen molar-refractivity contribution in [1.82, 2.24) is 0 Å². The molecule has 0 aromatic carbocycles. The topological polar surface area (TPSA) is 12.5 Å². The van der Waals surface area contributed by atoms with Gasteiger partial charge in [0.2, 0.25) is 0 Å². The van der Waals surface area contributed by atoms with Crippen molar-refractivity contribution in [1.29, 1.82) is 0 Å². The van der Waals surface area contributed by atoms with E-state index in [1.807, 2.05) is 0 Å². The van der Waals surface area contributed by atoms with Crippen molar-refractivity contribution in [2.24, 2.45) is 5.92 Å². The van der Waals surface area contributed by atoms with Crippen LogP contribution in [0.4, 0.5) is 0 Å². The van der Waals surface area contributed by atoms with E-state index < -0.39 is 0 Å². The summed E-state index contributed by atoms with van der Waals surface area (Å²) in [4.78, 5) is 0. The lowest BCUT2D eigenvalue weighted by Gasteiger charge is -2.07. The lowest BCUT2D eigenvalue weighted by atomic mass is 9.98. The molecule has 0 saturated carbocycles. The largest absolute Gasteiger partial charge is 0.366 e. The normalized spacial score (nSPS) is 34.2. The van der Waals surface area contributed by atoms with Crippen molar-refractivity contribution in [2.75, 3.05) is 4.43 Å². The quantitative estimate of drug-likeness (QED) is 0.428. The molecule has 1 fully saturated rings. The average Bonchev–Trinajstić information content (AvgIpc) is 2.61. The molecular weight excluding hydrogens is 263 g/mol. The van der Waals surface area contributed by atoms with Gasteiger partial charge in [-0.2, -0.15) is 0 Å². The van der Waals surface area contributed by atoms with Gasteiger partial charge in [0.15, 0.2) is 0 Å². The van der Waals surface area contributed by atoms with Crippen molar-refractivity contribution in [3.8, 4) is 0 Å². The van der Waals surface area contributed by atoms with Crippen molar-refractivity contribution < 1.29 is 4.74 Å². The molecule has 0 N–H and O–H groups in total. The van der Waals surface area contributed by atoms with Crippen molar-refractivity contribution in [2.45, 2.75) is 51.7 Å². The fraction of sp³-hybridized carbons (Fsp3) is 1.00. The van der Waals surface area contributed by atoms with Gasteiger partial charge in [0.1, 0.15) is 0 Å². The van der Waals surface area contributed by atoms with Crippen molar-refractivity contribution in [3.63, 3.8) is 0 Å². The first-order valence-electron chi connectivity index (χ1n) is 4.82. The number of rotatable bonds is 5. The minimum Gasteiger partial charge on any atom is -0.366 e. The van der Waals surface area contributed by atoms with Gasteiger partial charge in [-0.15, -0.1) is 0 Å². The van der Waals surface area contributed by atoms with Crippen molar-refractivity contribution in [3.05, 3.63) is 0 Å². The fourth-order valence-electron chi connectivity index (χ4n) is 1.57. The molecule has 12 heavy (non-hydrogen) atoms. The number of alkyl halides is 1. The molecule has 1 heterocycles. The van der Waals surface area contributed by atoms with Crippen LogP contribution >= 0.6 is 22.6 Å². The predicted molar refractivity (Wildman–Crippen MR) is 60.9 cm³/mol. The van der Waals surface area contributed by atoms with Gasteiger partial charge >= 0.3 is 0 Å². The minimum absolute atomic E-state index is 0.246. The highest BCUT2D eigenvalue weighted by Crippen LogP contribution is 2.41. The molecule has 0 unspecified atom stereocenters. The summed E-state index contributed by atoms with van der Waals surface area (Å²) in [5, 5.41) is 0. The zero-order valence-corrected chi connectivity index (χ0v) is 10.4. The van der Waals surface area contributed by atoms with Crippen LogP contribution in [0.25, 0.3) is 0 Å². The highest BCUT2D eigenvalue weighted by Gasteiger charge is 2.50. The summed E-state index contributed by atoms with van der Waals surface area (Å²) in [5.74, 6) is 0.838. The van der Waals surface area contributed by atoms with E-state index in [1.54, 1.807) is 0 Å². The standard InChI is InChI=1S/C10H19IO/c1-8(2)5-4-6-10(3)9(7-11)12-10/h8-9H,4-7H2,1-3H3/t9-,10-/m0/s1. The number of ether oxygens (including phenoxy) is 1. The molecule has 0 bridgehead atoms. The van der Waals surface area contributed by atoms with Crippen LogP contribution < -0.4 is 0 Å². The molecule has 1 aliphatic rings. The van der Waals surface area contributed by atoms with E-state index >= 15 is 0 Å². The van der Waals surface area contributed by atoms with E-state index in [1.165, 1.54) is 19.3 Å². The van der Waals surface area contributed by atoms with Gasteiger partial charge in [-0.3, -0.25) is 0 Å². The van der Waals surface area contributed by atoms with Crippen LogP contribution in [0.15, 0.2) is 0 Å². The Bertz CT molecular complexity index is 147. The number of hydrogen-bond acceptors (Lipinski definition) is 1. The molecule has 2 atom stereocenters. The lowest BCUT2D eigenvalue weighted by molar-refractivity contribution is 0.290. The first kappa shape index (κ1) is 10.8. The second kappa shape index (κ2) is 4.27. The zero-order chi connectivity index (χ0) is 9.19. The molecule has 72 valence electrons. The molecule has 0 aliphatic carbocycles. The molecule has 0 radical (unpaired) electrons. The Labute approximate surface area is 89.4 Å². The van der Waals surface area contributed by atoms with E-state index in [2.05, 4.69) is 43.4 Å². The SMILES string of the molecule is CC(C)CCC[C@]1(C)O[C@H]1CI. The van der Waals surface area contributed by atoms with Crippen LogP contribution in [0.5, 0.6) is 0 Å². The Hall–Kier alpha value is 0.690. The molecule has 0 spiro atoms. The van der Waals surface area contributed by atoms with E-state index in [0.29, 0.717) is 6.10 Å². The maximum absolute atomic E-state index is 5.63. The Morgan fingerprint density at radius 1 is 1.50 bits per heavy atom. The summed E-state index contributed by atoms with van der Waals surface area (Å²) < 4.78 is 6.78. The summed E-state index contributed by atoms with van der Waals surface area (Å²) in [6, 6.07) is 0. The molecular formula is C10H19IO. The maximum Gasteiger partial charge on any atom is 0.0959 e. The maximum atomic E-state index is 5.63. The van der Waals surface area contributed by atoms with Gasteiger partial charge in [-0.1, -0.05) is 49.3 Å². The first-order valence-corrected chi connectivity index (χ1v) is 6.35. The first-order chi connectivity index (χ1) is 5.58. The number of hydrogen-bond donors (Lipinski definition) is 0. The van der Waals surface area contributed by atoms with E-state index in [9.17, 15) is 0 Å². The molecule has 1 rings (SSSR count). The van der Waals surface area contributed by atoms with Gasteiger partial charge in [-0.25, -0.2) is 0 Å². The summed E-state index contributed by atoms with van der Waals surface area (Å²) in [5.41, 5.74) is 0.246. The molecule has 0 aromatic heterocycles. The summed E-state index contributed by atoms with van der Waals surface area (Å²) in [6.07, 6.45) is 4.46. The Morgan fingerprint density at radius 3 is 2.58 bits per heavy atom. The Kier molecular flexibility index (Phi) is 3.83. The van der Waals surface area contributed by atoms with Gasteiger partial charge in [-0.05, 0) is 19.3 Å². The smallest absolute Gasteiger partial charge is 0.0959 e. The Morgan fingerprint density at radius 2 is 2.17 bits per heavy atom. The molecule has 0 amide bonds. The van der Waals surface area contributed by atoms with E-state index in [-0.39, 0.29) is 5.60 Å². The summed E-state index contributed by atoms with van der Waals surface area (Å²) in [7, 11) is 0.